The van der Waals surface area contributed by atoms with Crippen LogP contribution in [0.1, 0.15) is 58.8 Å². The Hall–Kier alpha value is -2.63. The Morgan fingerprint density at radius 3 is 2.77 bits per heavy atom. The minimum absolute atomic E-state index is 0.0634. The molecular formula is C25H33N5O. The molecule has 0 spiro atoms. The van der Waals surface area contributed by atoms with Crippen LogP contribution in [-0.2, 0) is 11.3 Å². The van der Waals surface area contributed by atoms with Gasteiger partial charge in [0.25, 0.3) is 0 Å². The molecule has 1 saturated heterocycles. The monoisotopic (exact) mass is 419 g/mol. The van der Waals surface area contributed by atoms with Crippen molar-refractivity contribution < 1.29 is 4.79 Å². The Kier molecular flexibility index (Phi) is 5.32. The molecule has 0 bridgehead atoms. The summed E-state index contributed by atoms with van der Waals surface area (Å²) >= 11 is 0. The molecule has 6 heteroatoms. The van der Waals surface area contributed by atoms with Crippen LogP contribution in [0.5, 0.6) is 0 Å². The Balaban J connectivity index is 1.28. The molecule has 2 aliphatic rings. The molecule has 4 heterocycles. The number of aromatic nitrogens is 4. The van der Waals surface area contributed by atoms with Crippen molar-refractivity contribution in [1.29, 1.82) is 0 Å². The lowest BCUT2D eigenvalue weighted by atomic mass is 9.86. The second-order valence-electron chi connectivity index (χ2n) is 10.2. The first-order chi connectivity index (χ1) is 15.0. The smallest absolute Gasteiger partial charge is 0.223 e. The van der Waals surface area contributed by atoms with Gasteiger partial charge in [-0.15, -0.1) is 0 Å². The summed E-state index contributed by atoms with van der Waals surface area (Å²) in [6.45, 7) is 6.25. The van der Waals surface area contributed by atoms with Gasteiger partial charge in [0, 0.05) is 43.0 Å². The molecule has 3 aromatic rings. The maximum atomic E-state index is 13.1. The molecule has 0 aromatic carbocycles. The van der Waals surface area contributed by atoms with Gasteiger partial charge >= 0.3 is 0 Å². The quantitative estimate of drug-likeness (QED) is 0.631. The van der Waals surface area contributed by atoms with Crippen molar-refractivity contribution in [3.8, 4) is 11.3 Å². The molecule has 1 N–H and O–H groups in total. The van der Waals surface area contributed by atoms with Gasteiger partial charge in [-0.3, -0.25) is 9.89 Å². The number of aromatic amines is 1. The SMILES string of the molecule is CC1(C)CC(Cn2ccc3nc(-c4cn[nH]c4)ccc32)CN1C(=O)CC1CCCCC1. The first-order valence-corrected chi connectivity index (χ1v) is 11.7. The highest BCUT2D eigenvalue weighted by Gasteiger charge is 2.41. The molecule has 2 fully saturated rings. The third-order valence-corrected chi connectivity index (χ3v) is 7.32. The zero-order valence-electron chi connectivity index (χ0n) is 18.7. The number of rotatable bonds is 5. The second kappa shape index (κ2) is 8.13. The summed E-state index contributed by atoms with van der Waals surface area (Å²) in [6, 6.07) is 6.30. The topological polar surface area (TPSA) is 66.8 Å². The van der Waals surface area contributed by atoms with E-state index >= 15 is 0 Å². The number of carbonyl (C=O) groups is 1. The van der Waals surface area contributed by atoms with Crippen molar-refractivity contribution in [2.45, 2.75) is 70.9 Å². The number of hydrogen-bond acceptors (Lipinski definition) is 3. The molecule has 1 aliphatic heterocycles. The number of pyridine rings is 1. The van der Waals surface area contributed by atoms with Gasteiger partial charge in [-0.1, -0.05) is 19.3 Å². The molecule has 0 radical (unpaired) electrons. The molecule has 1 amide bonds. The van der Waals surface area contributed by atoms with E-state index in [1.165, 1.54) is 32.1 Å². The second-order valence-corrected chi connectivity index (χ2v) is 10.2. The Bertz CT molecular complexity index is 1050. The van der Waals surface area contributed by atoms with Gasteiger partial charge in [0.2, 0.25) is 5.91 Å². The van der Waals surface area contributed by atoms with E-state index in [0.717, 1.165) is 48.2 Å². The predicted octanol–water partition coefficient (Wildman–Crippen LogP) is 5.02. The first kappa shape index (κ1) is 20.3. The number of nitrogens with one attached hydrogen (secondary N) is 1. The lowest BCUT2D eigenvalue weighted by Crippen LogP contribution is -2.43. The molecule has 164 valence electrons. The summed E-state index contributed by atoms with van der Waals surface area (Å²) < 4.78 is 2.30. The van der Waals surface area contributed by atoms with E-state index in [1.807, 2.05) is 6.20 Å². The number of amides is 1. The molecule has 1 saturated carbocycles. The Labute approximate surface area is 184 Å². The maximum Gasteiger partial charge on any atom is 0.223 e. The van der Waals surface area contributed by atoms with Crippen molar-refractivity contribution >= 4 is 16.9 Å². The molecule has 31 heavy (non-hydrogen) atoms. The van der Waals surface area contributed by atoms with Gasteiger partial charge in [0.05, 0.1) is 22.9 Å². The lowest BCUT2D eigenvalue weighted by molar-refractivity contribution is -0.135. The van der Waals surface area contributed by atoms with Gasteiger partial charge < -0.3 is 9.47 Å². The third-order valence-electron chi connectivity index (χ3n) is 7.32. The fourth-order valence-corrected chi connectivity index (χ4v) is 5.76. The predicted molar refractivity (Wildman–Crippen MR) is 122 cm³/mol. The maximum absolute atomic E-state index is 13.1. The van der Waals surface area contributed by atoms with Crippen molar-refractivity contribution in [1.82, 2.24) is 24.6 Å². The van der Waals surface area contributed by atoms with Crippen molar-refractivity contribution in [2.75, 3.05) is 6.54 Å². The first-order valence-electron chi connectivity index (χ1n) is 11.7. The summed E-state index contributed by atoms with van der Waals surface area (Å²) in [5, 5.41) is 6.87. The Morgan fingerprint density at radius 2 is 2.00 bits per heavy atom. The number of likely N-dealkylation sites (tertiary alicyclic amines) is 1. The van der Waals surface area contributed by atoms with E-state index in [2.05, 4.69) is 57.9 Å². The summed E-state index contributed by atoms with van der Waals surface area (Å²) in [4.78, 5) is 20.1. The largest absolute Gasteiger partial charge is 0.346 e. The zero-order chi connectivity index (χ0) is 21.4. The highest BCUT2D eigenvalue weighted by molar-refractivity contribution is 5.79. The van der Waals surface area contributed by atoms with Gasteiger partial charge in [0.1, 0.15) is 0 Å². The molecule has 6 nitrogen and oxygen atoms in total. The minimum atomic E-state index is -0.0634. The van der Waals surface area contributed by atoms with E-state index in [4.69, 9.17) is 4.98 Å². The number of carbonyl (C=O) groups excluding carboxylic acids is 1. The number of nitrogens with zero attached hydrogens (tertiary/aromatic N) is 4. The summed E-state index contributed by atoms with van der Waals surface area (Å²) in [5.74, 6) is 1.43. The highest BCUT2D eigenvalue weighted by atomic mass is 16.2. The number of fused-ring (bicyclic) bond motifs is 1. The van der Waals surface area contributed by atoms with Crippen LogP contribution >= 0.6 is 0 Å². The van der Waals surface area contributed by atoms with Crippen molar-refractivity contribution in [2.24, 2.45) is 11.8 Å². The van der Waals surface area contributed by atoms with Crippen molar-refractivity contribution in [3.05, 3.63) is 36.8 Å². The van der Waals surface area contributed by atoms with E-state index in [9.17, 15) is 4.79 Å². The fourth-order valence-electron chi connectivity index (χ4n) is 5.76. The van der Waals surface area contributed by atoms with Gasteiger partial charge in [-0.2, -0.15) is 5.10 Å². The van der Waals surface area contributed by atoms with Gasteiger partial charge in [-0.05, 0) is 63.1 Å². The van der Waals surface area contributed by atoms with Crippen LogP contribution in [0.3, 0.4) is 0 Å². The molecular weight excluding hydrogens is 386 g/mol. The lowest BCUT2D eigenvalue weighted by Gasteiger charge is -2.33. The molecule has 1 atom stereocenters. The third kappa shape index (κ3) is 4.12. The summed E-state index contributed by atoms with van der Waals surface area (Å²) in [7, 11) is 0. The molecule has 3 aromatic heterocycles. The van der Waals surface area contributed by atoms with Crippen LogP contribution in [-0.4, -0.2) is 42.6 Å². The highest BCUT2D eigenvalue weighted by Crippen LogP contribution is 2.36. The standard InChI is InChI=1S/C25H33N5O/c1-25(2)13-19(17-30(25)24(31)12-18-6-4-3-5-7-18)16-29-11-10-22-23(29)9-8-21(28-22)20-14-26-27-15-20/h8-11,14-15,18-19H,3-7,12-13,16-17H2,1-2H3,(H,26,27). The van der Waals surface area contributed by atoms with Crippen LogP contribution < -0.4 is 0 Å². The van der Waals surface area contributed by atoms with Crippen LogP contribution in [0.15, 0.2) is 36.8 Å². The van der Waals surface area contributed by atoms with Crippen LogP contribution in [0.2, 0.25) is 0 Å². The van der Waals surface area contributed by atoms with Gasteiger partial charge in [0.15, 0.2) is 0 Å². The minimum Gasteiger partial charge on any atom is -0.346 e. The van der Waals surface area contributed by atoms with Crippen LogP contribution in [0, 0.1) is 11.8 Å². The van der Waals surface area contributed by atoms with Crippen LogP contribution in [0.25, 0.3) is 22.3 Å². The summed E-state index contributed by atoms with van der Waals surface area (Å²) in [6.07, 6.45) is 14.0. The van der Waals surface area contributed by atoms with Crippen molar-refractivity contribution in [3.63, 3.8) is 0 Å². The molecule has 1 unspecified atom stereocenters. The summed E-state index contributed by atoms with van der Waals surface area (Å²) in [5.41, 5.74) is 4.02. The van der Waals surface area contributed by atoms with E-state index in [0.29, 0.717) is 17.7 Å². The molecule has 5 rings (SSSR count). The zero-order valence-corrected chi connectivity index (χ0v) is 18.7. The average molecular weight is 420 g/mol. The normalized spacial score (nSPS) is 21.7. The van der Waals surface area contributed by atoms with E-state index < -0.39 is 0 Å². The molecule has 1 aliphatic carbocycles. The van der Waals surface area contributed by atoms with E-state index in [-0.39, 0.29) is 5.54 Å². The fraction of sp³-hybridized carbons (Fsp3) is 0.560. The Morgan fingerprint density at radius 1 is 1.16 bits per heavy atom. The number of H-pyrrole nitrogens is 1. The average Bonchev–Trinajstić information content (AvgIpc) is 3.48. The van der Waals surface area contributed by atoms with Crippen LogP contribution in [0.4, 0.5) is 0 Å². The van der Waals surface area contributed by atoms with Gasteiger partial charge in [-0.25, -0.2) is 4.98 Å². The number of hydrogen-bond donors (Lipinski definition) is 1. The van der Waals surface area contributed by atoms with E-state index in [1.54, 1.807) is 6.20 Å².